The van der Waals surface area contributed by atoms with E-state index in [4.69, 9.17) is 8.83 Å². The zero-order valence-electron chi connectivity index (χ0n) is 12.4. The Labute approximate surface area is 127 Å². The van der Waals surface area contributed by atoms with E-state index >= 15 is 0 Å². The molecule has 0 amide bonds. The number of rotatable bonds is 4. The molecule has 0 aliphatic carbocycles. The van der Waals surface area contributed by atoms with Crippen molar-refractivity contribution in [2.45, 2.75) is 26.3 Å². The summed E-state index contributed by atoms with van der Waals surface area (Å²) in [5.41, 5.74) is 2.67. The van der Waals surface area contributed by atoms with Crippen molar-refractivity contribution in [3.63, 3.8) is 0 Å². The number of likely N-dealkylation sites (tertiary alicyclic amines) is 1. The number of oxazole rings is 1. The second kappa shape index (κ2) is 5.42. The normalized spacial score (nSPS) is 15.7. The van der Waals surface area contributed by atoms with Crippen molar-refractivity contribution in [2.75, 3.05) is 18.4 Å². The first-order valence-corrected chi connectivity index (χ1v) is 7.45. The molecule has 1 aliphatic rings. The van der Waals surface area contributed by atoms with E-state index in [2.05, 4.69) is 25.4 Å². The lowest BCUT2D eigenvalue weighted by Gasteiger charge is -2.10. The molecular weight excluding hydrogens is 282 g/mol. The van der Waals surface area contributed by atoms with Gasteiger partial charge in [0.1, 0.15) is 5.52 Å². The smallest absolute Gasteiger partial charge is 0.323 e. The van der Waals surface area contributed by atoms with Crippen LogP contribution < -0.4 is 5.32 Å². The number of hydrogen-bond acceptors (Lipinski definition) is 7. The van der Waals surface area contributed by atoms with Crippen molar-refractivity contribution in [2.24, 2.45) is 0 Å². The predicted molar refractivity (Wildman–Crippen MR) is 80.8 cm³/mol. The molecule has 1 aromatic carbocycles. The third-order valence-electron chi connectivity index (χ3n) is 3.78. The maximum atomic E-state index is 5.61. The van der Waals surface area contributed by atoms with E-state index in [9.17, 15) is 0 Å². The molecule has 1 fully saturated rings. The molecule has 2 aromatic heterocycles. The molecule has 0 spiro atoms. The Morgan fingerprint density at radius 2 is 2.00 bits per heavy atom. The Kier molecular flexibility index (Phi) is 3.27. The van der Waals surface area contributed by atoms with Gasteiger partial charge in [-0.2, -0.15) is 4.98 Å². The van der Waals surface area contributed by atoms with Crippen molar-refractivity contribution in [3.05, 3.63) is 29.7 Å². The summed E-state index contributed by atoms with van der Waals surface area (Å²) in [6.45, 7) is 4.90. The first-order valence-electron chi connectivity index (χ1n) is 7.45. The summed E-state index contributed by atoms with van der Waals surface area (Å²) in [6.07, 6.45) is 2.48. The molecular formula is C15H17N5O2. The van der Waals surface area contributed by atoms with Gasteiger partial charge in [0.2, 0.25) is 5.89 Å². The molecule has 1 N–H and O–H groups in total. The van der Waals surface area contributed by atoms with Crippen LogP contribution in [0.4, 0.5) is 12.0 Å². The highest BCUT2D eigenvalue weighted by atomic mass is 16.4. The monoisotopic (exact) mass is 299 g/mol. The van der Waals surface area contributed by atoms with E-state index in [0.717, 1.165) is 29.8 Å². The lowest BCUT2D eigenvalue weighted by Crippen LogP contribution is -2.18. The summed E-state index contributed by atoms with van der Waals surface area (Å²) < 4.78 is 11.2. The zero-order valence-corrected chi connectivity index (χ0v) is 12.4. The van der Waals surface area contributed by atoms with Crippen LogP contribution in [0.5, 0.6) is 0 Å². The molecule has 7 heteroatoms. The second-order valence-corrected chi connectivity index (χ2v) is 5.60. The standard InChI is InChI=1S/C15H17N5O2/c1-10-4-5-12-11(8-10)16-14(21-12)17-15-19-18-13(22-15)9-20-6-2-3-7-20/h4-5,8H,2-3,6-7,9H2,1H3,(H,16,17,19). The van der Waals surface area contributed by atoms with Gasteiger partial charge in [-0.25, -0.2) is 0 Å². The average molecular weight is 299 g/mol. The number of hydrogen-bond donors (Lipinski definition) is 1. The molecule has 3 heterocycles. The fourth-order valence-corrected chi connectivity index (χ4v) is 2.68. The fourth-order valence-electron chi connectivity index (χ4n) is 2.68. The largest absolute Gasteiger partial charge is 0.423 e. The topological polar surface area (TPSA) is 80.2 Å². The number of nitrogens with zero attached hydrogens (tertiary/aromatic N) is 4. The maximum Gasteiger partial charge on any atom is 0.323 e. The number of anilines is 2. The number of benzene rings is 1. The van der Waals surface area contributed by atoms with Gasteiger partial charge < -0.3 is 8.83 Å². The molecule has 3 aromatic rings. The van der Waals surface area contributed by atoms with Crippen molar-refractivity contribution in [1.82, 2.24) is 20.1 Å². The first-order chi connectivity index (χ1) is 10.8. The molecule has 0 atom stereocenters. The molecule has 1 saturated heterocycles. The molecule has 0 radical (unpaired) electrons. The number of aryl methyl sites for hydroxylation is 1. The van der Waals surface area contributed by atoms with E-state index < -0.39 is 0 Å². The highest BCUT2D eigenvalue weighted by Gasteiger charge is 2.16. The quantitative estimate of drug-likeness (QED) is 0.793. The third kappa shape index (κ3) is 2.67. The van der Waals surface area contributed by atoms with Gasteiger partial charge in [-0.05, 0) is 50.6 Å². The minimum Gasteiger partial charge on any atom is -0.423 e. The van der Waals surface area contributed by atoms with Crippen LogP contribution in [0.1, 0.15) is 24.3 Å². The van der Waals surface area contributed by atoms with Crippen LogP contribution in [0.2, 0.25) is 0 Å². The number of nitrogens with one attached hydrogen (secondary N) is 1. The minimum atomic E-state index is 0.303. The zero-order chi connectivity index (χ0) is 14.9. The van der Waals surface area contributed by atoms with Crippen LogP contribution in [0, 0.1) is 6.92 Å². The summed E-state index contributed by atoms with van der Waals surface area (Å²) in [7, 11) is 0. The van der Waals surface area contributed by atoms with Gasteiger partial charge >= 0.3 is 12.0 Å². The van der Waals surface area contributed by atoms with E-state index in [1.54, 1.807) is 0 Å². The molecule has 7 nitrogen and oxygen atoms in total. The predicted octanol–water partition coefficient (Wildman–Crippen LogP) is 2.86. The average Bonchev–Trinajstić information content (AvgIpc) is 3.20. The van der Waals surface area contributed by atoms with Gasteiger partial charge in [-0.3, -0.25) is 10.2 Å². The Hall–Kier alpha value is -2.41. The Morgan fingerprint density at radius 1 is 1.14 bits per heavy atom. The van der Waals surface area contributed by atoms with Gasteiger partial charge in [-0.15, -0.1) is 5.10 Å². The molecule has 114 valence electrons. The molecule has 22 heavy (non-hydrogen) atoms. The van der Waals surface area contributed by atoms with Crippen LogP contribution >= 0.6 is 0 Å². The van der Waals surface area contributed by atoms with Crippen LogP contribution in [-0.4, -0.2) is 33.2 Å². The number of fused-ring (bicyclic) bond motifs is 1. The van der Waals surface area contributed by atoms with Gasteiger partial charge in [0.25, 0.3) is 0 Å². The van der Waals surface area contributed by atoms with Crippen LogP contribution in [0.25, 0.3) is 11.1 Å². The minimum absolute atomic E-state index is 0.303. The summed E-state index contributed by atoms with van der Waals surface area (Å²) in [6, 6.07) is 6.51. The summed E-state index contributed by atoms with van der Waals surface area (Å²) in [4.78, 5) is 6.67. The van der Waals surface area contributed by atoms with Crippen LogP contribution in [-0.2, 0) is 6.54 Å². The third-order valence-corrected chi connectivity index (χ3v) is 3.78. The van der Waals surface area contributed by atoms with Crippen molar-refractivity contribution < 1.29 is 8.83 Å². The summed E-state index contributed by atoms with van der Waals surface area (Å²) in [5.74, 6) is 0.608. The maximum absolute atomic E-state index is 5.61. The highest BCUT2D eigenvalue weighted by molar-refractivity contribution is 5.75. The van der Waals surface area contributed by atoms with E-state index in [0.29, 0.717) is 24.5 Å². The summed E-state index contributed by atoms with van der Waals surface area (Å²) in [5, 5.41) is 11.0. The number of aromatic nitrogens is 3. The van der Waals surface area contributed by atoms with E-state index in [1.165, 1.54) is 12.8 Å². The Balaban J connectivity index is 1.48. The fraction of sp³-hybridized carbons (Fsp3) is 0.400. The van der Waals surface area contributed by atoms with Gasteiger partial charge in [0.15, 0.2) is 5.58 Å². The Morgan fingerprint density at radius 3 is 2.86 bits per heavy atom. The van der Waals surface area contributed by atoms with Gasteiger partial charge in [0.05, 0.1) is 6.54 Å². The second-order valence-electron chi connectivity index (χ2n) is 5.60. The van der Waals surface area contributed by atoms with E-state index in [-0.39, 0.29) is 0 Å². The molecule has 0 saturated carbocycles. The van der Waals surface area contributed by atoms with Crippen LogP contribution in [0.3, 0.4) is 0 Å². The molecule has 4 rings (SSSR count). The molecule has 0 unspecified atom stereocenters. The SMILES string of the molecule is Cc1ccc2oc(Nc3nnc(CN4CCCC4)o3)nc2c1. The van der Waals surface area contributed by atoms with E-state index in [1.807, 2.05) is 25.1 Å². The lowest BCUT2D eigenvalue weighted by molar-refractivity contribution is 0.292. The molecule has 1 aliphatic heterocycles. The van der Waals surface area contributed by atoms with Crippen LogP contribution in [0.15, 0.2) is 27.0 Å². The van der Waals surface area contributed by atoms with Gasteiger partial charge in [0, 0.05) is 0 Å². The summed E-state index contributed by atoms with van der Waals surface area (Å²) >= 11 is 0. The van der Waals surface area contributed by atoms with Gasteiger partial charge in [-0.1, -0.05) is 11.2 Å². The molecule has 0 bridgehead atoms. The van der Waals surface area contributed by atoms with Crippen molar-refractivity contribution >= 4 is 23.1 Å². The Bertz CT molecular complexity index is 788. The lowest BCUT2D eigenvalue weighted by atomic mass is 10.2. The first kappa shape index (κ1) is 13.3. The van der Waals surface area contributed by atoms with Crippen molar-refractivity contribution in [1.29, 1.82) is 0 Å². The van der Waals surface area contributed by atoms with Crippen molar-refractivity contribution in [3.8, 4) is 0 Å². The highest BCUT2D eigenvalue weighted by Crippen LogP contribution is 2.22.